The van der Waals surface area contributed by atoms with E-state index in [1.165, 1.54) is 57.0 Å². The SMILES string of the molecule is CC1(C)c2cc(-c3ccccc3)ccc2-c2nc(-n3c4ccc(-c5cc6cccnc6c6ncccc56)cc4c4ccc(C5CC5)cc43)nc3cccc1c23. The zero-order valence-electron chi connectivity index (χ0n) is 30.6. The van der Waals surface area contributed by atoms with Crippen molar-refractivity contribution in [3.8, 4) is 39.5 Å². The zero-order chi connectivity index (χ0) is 36.4. The van der Waals surface area contributed by atoms with Gasteiger partial charge in [0, 0.05) is 50.3 Å². The highest BCUT2D eigenvalue weighted by atomic mass is 15.2. The van der Waals surface area contributed by atoms with Crippen molar-refractivity contribution in [3.05, 3.63) is 163 Å². The minimum absolute atomic E-state index is 0.224. The van der Waals surface area contributed by atoms with Crippen molar-refractivity contribution < 1.29 is 0 Å². The minimum Gasteiger partial charge on any atom is -0.278 e. The zero-order valence-corrected chi connectivity index (χ0v) is 30.6. The van der Waals surface area contributed by atoms with Crippen LogP contribution in [0.5, 0.6) is 0 Å². The molecule has 0 atom stereocenters. The van der Waals surface area contributed by atoms with E-state index in [1.54, 1.807) is 0 Å². The fraction of sp³-hybridized carbons (Fsp3) is 0.120. The van der Waals surface area contributed by atoms with Crippen molar-refractivity contribution in [1.29, 1.82) is 0 Å². The first-order valence-electron chi connectivity index (χ1n) is 19.2. The largest absolute Gasteiger partial charge is 0.278 e. The Balaban J connectivity index is 1.12. The van der Waals surface area contributed by atoms with Gasteiger partial charge in [0.25, 0.3) is 0 Å². The molecule has 4 aromatic heterocycles. The fourth-order valence-electron chi connectivity index (χ4n) is 9.32. The number of hydrogen-bond acceptors (Lipinski definition) is 4. The summed E-state index contributed by atoms with van der Waals surface area (Å²) >= 11 is 0. The van der Waals surface area contributed by atoms with Crippen LogP contribution in [0.15, 0.2) is 146 Å². The Morgan fingerprint density at radius 1 is 0.564 bits per heavy atom. The lowest BCUT2D eigenvalue weighted by Crippen LogP contribution is -2.24. The van der Waals surface area contributed by atoms with Gasteiger partial charge < -0.3 is 0 Å². The Bertz CT molecular complexity index is 3240. The van der Waals surface area contributed by atoms with Crippen molar-refractivity contribution in [2.24, 2.45) is 0 Å². The summed E-state index contributed by atoms with van der Waals surface area (Å²) in [5.74, 6) is 1.32. The monoisotopic (exact) mass is 705 g/mol. The van der Waals surface area contributed by atoms with Gasteiger partial charge in [-0.2, -0.15) is 0 Å². The van der Waals surface area contributed by atoms with Gasteiger partial charge in [0.05, 0.1) is 33.3 Å². The molecule has 2 aliphatic rings. The molecule has 0 radical (unpaired) electrons. The second-order valence-electron chi connectivity index (χ2n) is 15.8. The number of benzene rings is 6. The van der Waals surface area contributed by atoms with Crippen molar-refractivity contribution >= 4 is 54.5 Å². The molecule has 0 N–H and O–H groups in total. The molecule has 4 heterocycles. The second-order valence-corrected chi connectivity index (χ2v) is 15.8. The van der Waals surface area contributed by atoms with Crippen molar-refractivity contribution in [2.75, 3.05) is 0 Å². The Hall–Kier alpha value is -6.72. The van der Waals surface area contributed by atoms with E-state index in [-0.39, 0.29) is 5.41 Å². The highest BCUT2D eigenvalue weighted by Gasteiger charge is 2.35. The van der Waals surface area contributed by atoms with Gasteiger partial charge in [-0.1, -0.05) is 98.8 Å². The molecule has 2 aliphatic carbocycles. The Morgan fingerprint density at radius 3 is 2.27 bits per heavy atom. The van der Waals surface area contributed by atoms with Crippen LogP contribution in [-0.2, 0) is 5.41 Å². The number of aromatic nitrogens is 5. The average Bonchev–Trinajstić information content (AvgIpc) is 4.04. The fourth-order valence-corrected chi connectivity index (χ4v) is 9.32. The van der Waals surface area contributed by atoms with Crippen LogP contribution in [0.1, 0.15) is 49.3 Å². The van der Waals surface area contributed by atoms with Gasteiger partial charge in [-0.25, -0.2) is 9.97 Å². The smallest absolute Gasteiger partial charge is 0.235 e. The molecule has 1 fully saturated rings. The molecule has 0 bridgehead atoms. The van der Waals surface area contributed by atoms with E-state index < -0.39 is 0 Å². The van der Waals surface area contributed by atoms with Crippen molar-refractivity contribution in [2.45, 2.75) is 38.0 Å². The van der Waals surface area contributed by atoms with E-state index in [1.807, 2.05) is 24.5 Å². The highest BCUT2D eigenvalue weighted by Crippen LogP contribution is 2.49. The first-order valence-corrected chi connectivity index (χ1v) is 19.2. The quantitative estimate of drug-likeness (QED) is 0.171. The predicted octanol–water partition coefficient (Wildman–Crippen LogP) is 12.3. The van der Waals surface area contributed by atoms with Crippen LogP contribution < -0.4 is 0 Å². The van der Waals surface area contributed by atoms with Crippen LogP contribution in [0.4, 0.5) is 0 Å². The molecule has 0 amide bonds. The summed E-state index contributed by atoms with van der Waals surface area (Å²) in [5.41, 5.74) is 15.7. The van der Waals surface area contributed by atoms with Gasteiger partial charge in [-0.3, -0.25) is 14.5 Å². The second kappa shape index (κ2) is 11.2. The van der Waals surface area contributed by atoms with Gasteiger partial charge in [0.1, 0.15) is 0 Å². The lowest BCUT2D eigenvalue weighted by atomic mass is 9.69. The summed E-state index contributed by atoms with van der Waals surface area (Å²) in [6.07, 6.45) is 6.18. The Morgan fingerprint density at radius 2 is 1.40 bits per heavy atom. The molecule has 0 saturated heterocycles. The maximum Gasteiger partial charge on any atom is 0.235 e. The van der Waals surface area contributed by atoms with Gasteiger partial charge in [0.15, 0.2) is 0 Å². The lowest BCUT2D eigenvalue weighted by Gasteiger charge is -2.35. The lowest BCUT2D eigenvalue weighted by molar-refractivity contribution is 0.644. The van der Waals surface area contributed by atoms with Gasteiger partial charge in [-0.15, -0.1) is 0 Å². The van der Waals surface area contributed by atoms with Crippen LogP contribution >= 0.6 is 0 Å². The summed E-state index contributed by atoms with van der Waals surface area (Å²) in [6, 6.07) is 48.6. The third-order valence-electron chi connectivity index (χ3n) is 12.3. The molecule has 55 heavy (non-hydrogen) atoms. The van der Waals surface area contributed by atoms with Gasteiger partial charge >= 0.3 is 0 Å². The Kier molecular flexibility index (Phi) is 6.23. The van der Waals surface area contributed by atoms with Gasteiger partial charge in [-0.05, 0) is 106 Å². The molecular weight excluding hydrogens is 671 g/mol. The van der Waals surface area contributed by atoms with Crippen LogP contribution in [0, 0.1) is 0 Å². The number of pyridine rings is 2. The van der Waals surface area contributed by atoms with Crippen LogP contribution in [0.25, 0.3) is 94.0 Å². The maximum atomic E-state index is 5.57. The standard InChI is InChI=1S/C50H35N5/c1-50(2)40-13-6-14-42-45(40)47(37-21-18-31(27-41(37)50)29-9-4-3-5-10-29)54-49(53-42)55-43-22-19-33(25-39(43)35-20-17-32(28-44(35)55)30-15-16-30)38-26-34-11-7-23-51-46(34)48-36(38)12-8-24-52-48/h3-14,17-28,30H,15-16H2,1-2H3. The molecule has 260 valence electrons. The third kappa shape index (κ3) is 4.47. The van der Waals surface area contributed by atoms with E-state index in [0.29, 0.717) is 11.9 Å². The molecular formula is C50H35N5. The van der Waals surface area contributed by atoms with Crippen LogP contribution in [0.3, 0.4) is 0 Å². The van der Waals surface area contributed by atoms with Crippen molar-refractivity contribution in [3.63, 3.8) is 0 Å². The number of fused-ring (bicyclic) bond motifs is 8. The molecule has 6 aromatic carbocycles. The van der Waals surface area contributed by atoms with Crippen molar-refractivity contribution in [1.82, 2.24) is 24.5 Å². The summed E-state index contributed by atoms with van der Waals surface area (Å²) in [6.45, 7) is 4.67. The maximum absolute atomic E-state index is 5.57. The summed E-state index contributed by atoms with van der Waals surface area (Å²) < 4.78 is 2.31. The molecule has 0 unspecified atom stereocenters. The molecule has 12 rings (SSSR count). The average molecular weight is 706 g/mol. The minimum atomic E-state index is -0.224. The first kappa shape index (κ1) is 30.7. The van der Waals surface area contributed by atoms with Crippen LogP contribution in [0.2, 0.25) is 0 Å². The summed E-state index contributed by atoms with van der Waals surface area (Å²) in [4.78, 5) is 20.5. The topological polar surface area (TPSA) is 56.5 Å². The van der Waals surface area contributed by atoms with E-state index in [4.69, 9.17) is 19.9 Å². The molecule has 0 spiro atoms. The molecule has 5 nitrogen and oxygen atoms in total. The third-order valence-corrected chi connectivity index (χ3v) is 12.3. The number of nitrogens with zero attached hydrogens (tertiary/aromatic N) is 5. The Labute approximate surface area is 318 Å². The molecule has 0 aliphatic heterocycles. The van der Waals surface area contributed by atoms with E-state index in [9.17, 15) is 0 Å². The summed E-state index contributed by atoms with van der Waals surface area (Å²) in [5, 5.41) is 5.70. The van der Waals surface area contributed by atoms with E-state index >= 15 is 0 Å². The molecule has 10 aromatic rings. The molecule has 5 heteroatoms. The molecule has 1 saturated carbocycles. The number of hydrogen-bond donors (Lipinski definition) is 0. The first-order chi connectivity index (χ1) is 27.0. The normalized spacial score (nSPS) is 14.7. The number of rotatable bonds is 4. The van der Waals surface area contributed by atoms with E-state index in [0.717, 1.165) is 60.6 Å². The van der Waals surface area contributed by atoms with Gasteiger partial charge in [0.2, 0.25) is 5.95 Å². The predicted molar refractivity (Wildman–Crippen MR) is 225 cm³/mol. The highest BCUT2D eigenvalue weighted by molar-refractivity contribution is 6.14. The summed E-state index contributed by atoms with van der Waals surface area (Å²) in [7, 11) is 0. The van der Waals surface area contributed by atoms with Crippen LogP contribution in [-0.4, -0.2) is 24.5 Å². The van der Waals surface area contributed by atoms with E-state index in [2.05, 4.69) is 140 Å².